The van der Waals surface area contributed by atoms with Crippen LogP contribution in [-0.2, 0) is 12.8 Å². The van der Waals surface area contributed by atoms with Gasteiger partial charge in [0.15, 0.2) is 0 Å². The van der Waals surface area contributed by atoms with Gasteiger partial charge in [-0.1, -0.05) is 23.9 Å². The predicted molar refractivity (Wildman–Crippen MR) is 72.8 cm³/mol. The van der Waals surface area contributed by atoms with Crippen molar-refractivity contribution in [2.24, 2.45) is 7.05 Å². The van der Waals surface area contributed by atoms with E-state index in [1.165, 1.54) is 0 Å². The molecule has 0 atom stereocenters. The molecule has 0 aliphatic carbocycles. The lowest BCUT2D eigenvalue weighted by Gasteiger charge is -2.10. The molecule has 1 amide bonds. The van der Waals surface area contributed by atoms with Crippen LogP contribution in [0, 0.1) is 0 Å². The van der Waals surface area contributed by atoms with Gasteiger partial charge < -0.3 is 4.90 Å². The highest BCUT2D eigenvalue weighted by Gasteiger charge is 2.08. The van der Waals surface area contributed by atoms with Gasteiger partial charge in [0.1, 0.15) is 0 Å². The molecule has 0 unspecified atom stereocenters. The van der Waals surface area contributed by atoms with Crippen molar-refractivity contribution in [2.45, 2.75) is 10.9 Å². The molecule has 7 heteroatoms. The van der Waals surface area contributed by atoms with E-state index in [0.29, 0.717) is 5.56 Å². The Bertz CT molecular complexity index is 564. The maximum Gasteiger partial charge on any atom is 0.253 e. The molecule has 0 radical (unpaired) electrons. The average molecular weight is 277 g/mol. The molecule has 0 aliphatic rings. The van der Waals surface area contributed by atoms with E-state index in [-0.39, 0.29) is 5.91 Å². The second-order valence-corrected chi connectivity index (χ2v) is 5.21. The fraction of sp³-hybridized carbons (Fsp3) is 0.333. The number of aromatic nitrogens is 4. The number of rotatable bonds is 4. The van der Waals surface area contributed by atoms with Gasteiger partial charge in [-0.25, -0.2) is 4.68 Å². The molecule has 0 aliphatic heterocycles. The number of carbonyl (C=O) groups is 1. The van der Waals surface area contributed by atoms with Gasteiger partial charge >= 0.3 is 0 Å². The molecule has 0 spiro atoms. The van der Waals surface area contributed by atoms with Crippen molar-refractivity contribution in [2.75, 3.05) is 14.1 Å². The maximum atomic E-state index is 11.7. The smallest absolute Gasteiger partial charge is 0.253 e. The van der Waals surface area contributed by atoms with Gasteiger partial charge in [0.2, 0.25) is 5.16 Å². The predicted octanol–water partition coefficient (Wildman–Crippen LogP) is 1.20. The van der Waals surface area contributed by atoms with E-state index in [4.69, 9.17) is 0 Å². The van der Waals surface area contributed by atoms with Crippen molar-refractivity contribution in [3.63, 3.8) is 0 Å². The molecule has 0 bridgehead atoms. The molecule has 1 aromatic carbocycles. The van der Waals surface area contributed by atoms with Gasteiger partial charge in [0, 0.05) is 32.5 Å². The van der Waals surface area contributed by atoms with Crippen molar-refractivity contribution in [3.05, 3.63) is 35.4 Å². The molecule has 6 nitrogen and oxygen atoms in total. The first-order valence-corrected chi connectivity index (χ1v) is 6.72. The van der Waals surface area contributed by atoms with Gasteiger partial charge in [0.25, 0.3) is 5.91 Å². The lowest BCUT2D eigenvalue weighted by atomic mass is 10.1. The monoisotopic (exact) mass is 277 g/mol. The molecule has 0 saturated carbocycles. The Balaban J connectivity index is 1.99. The fourth-order valence-corrected chi connectivity index (χ4v) is 2.30. The third-order valence-corrected chi connectivity index (χ3v) is 3.64. The van der Waals surface area contributed by atoms with E-state index < -0.39 is 0 Å². The summed E-state index contributed by atoms with van der Waals surface area (Å²) in [5.41, 5.74) is 1.82. The molecular weight excluding hydrogens is 262 g/mol. The maximum absolute atomic E-state index is 11.7. The summed E-state index contributed by atoms with van der Waals surface area (Å²) in [5.74, 6) is 0.779. The molecule has 19 heavy (non-hydrogen) atoms. The molecule has 0 saturated heterocycles. The van der Waals surface area contributed by atoms with Crippen molar-refractivity contribution < 1.29 is 4.79 Å². The minimum atomic E-state index is 0.0108. The largest absolute Gasteiger partial charge is 0.345 e. The van der Waals surface area contributed by atoms with E-state index in [9.17, 15) is 4.79 Å². The highest BCUT2D eigenvalue weighted by atomic mass is 32.2. The zero-order valence-electron chi connectivity index (χ0n) is 11.1. The van der Waals surface area contributed by atoms with Crippen LogP contribution in [0.1, 0.15) is 15.9 Å². The van der Waals surface area contributed by atoms with Crippen LogP contribution < -0.4 is 0 Å². The lowest BCUT2D eigenvalue weighted by molar-refractivity contribution is 0.0827. The minimum absolute atomic E-state index is 0.0108. The number of hydrogen-bond acceptors (Lipinski definition) is 5. The first-order valence-electron chi connectivity index (χ1n) is 5.73. The number of thioether (sulfide) groups is 1. The normalized spacial score (nSPS) is 10.5. The van der Waals surface area contributed by atoms with Crippen molar-refractivity contribution in [1.82, 2.24) is 25.1 Å². The fourth-order valence-electron chi connectivity index (χ4n) is 1.49. The summed E-state index contributed by atoms with van der Waals surface area (Å²) in [5, 5.41) is 12.0. The molecule has 1 heterocycles. The van der Waals surface area contributed by atoms with E-state index in [1.807, 2.05) is 24.3 Å². The second-order valence-electron chi connectivity index (χ2n) is 4.27. The Labute approximate surface area is 115 Å². The number of nitrogens with zero attached hydrogens (tertiary/aromatic N) is 5. The van der Waals surface area contributed by atoms with Crippen LogP contribution in [0.15, 0.2) is 29.4 Å². The van der Waals surface area contributed by atoms with Gasteiger partial charge in [-0.2, -0.15) is 0 Å². The Hall–Kier alpha value is -1.89. The molecule has 0 N–H and O–H groups in total. The number of benzene rings is 1. The Morgan fingerprint density at radius 2 is 2.00 bits per heavy atom. The van der Waals surface area contributed by atoms with Crippen LogP contribution in [0.5, 0.6) is 0 Å². The SMILES string of the molecule is CN(C)C(=O)c1ccc(CSc2nnnn2C)cc1. The van der Waals surface area contributed by atoms with Gasteiger partial charge in [-0.15, -0.1) is 5.10 Å². The van der Waals surface area contributed by atoms with Crippen LogP contribution in [0.2, 0.25) is 0 Å². The van der Waals surface area contributed by atoms with Crippen LogP contribution in [0.25, 0.3) is 0 Å². The Morgan fingerprint density at radius 1 is 1.32 bits per heavy atom. The van der Waals surface area contributed by atoms with Gasteiger partial charge in [-0.3, -0.25) is 4.79 Å². The standard InChI is InChI=1S/C12H15N5OS/c1-16(2)11(18)10-6-4-9(5-7-10)8-19-12-13-14-15-17(12)3/h4-7H,8H2,1-3H3. The summed E-state index contributed by atoms with van der Waals surface area (Å²) < 4.78 is 1.63. The van der Waals surface area contributed by atoms with E-state index in [2.05, 4.69) is 15.5 Å². The summed E-state index contributed by atoms with van der Waals surface area (Å²) >= 11 is 1.56. The van der Waals surface area contributed by atoms with Crippen LogP contribution >= 0.6 is 11.8 Å². The molecule has 100 valence electrons. The number of amides is 1. The average Bonchev–Trinajstić information content (AvgIpc) is 2.81. The van der Waals surface area contributed by atoms with Crippen LogP contribution in [0.3, 0.4) is 0 Å². The highest BCUT2D eigenvalue weighted by molar-refractivity contribution is 7.98. The van der Waals surface area contributed by atoms with Crippen molar-refractivity contribution in [1.29, 1.82) is 0 Å². The summed E-state index contributed by atoms with van der Waals surface area (Å²) in [4.78, 5) is 13.3. The Morgan fingerprint density at radius 3 is 2.53 bits per heavy atom. The summed E-state index contributed by atoms with van der Waals surface area (Å²) in [7, 11) is 5.29. The molecule has 1 aromatic heterocycles. The topological polar surface area (TPSA) is 63.9 Å². The first kappa shape index (κ1) is 13.5. The van der Waals surface area contributed by atoms with Gasteiger partial charge in [0.05, 0.1) is 0 Å². The van der Waals surface area contributed by atoms with E-state index in [0.717, 1.165) is 16.5 Å². The molecular formula is C12H15N5OS. The molecule has 2 rings (SSSR count). The summed E-state index contributed by atoms with van der Waals surface area (Å²) in [6, 6.07) is 7.58. The number of tetrazole rings is 1. The zero-order valence-corrected chi connectivity index (χ0v) is 11.9. The minimum Gasteiger partial charge on any atom is -0.345 e. The van der Waals surface area contributed by atoms with Crippen LogP contribution in [0.4, 0.5) is 0 Å². The zero-order chi connectivity index (χ0) is 13.8. The second kappa shape index (κ2) is 5.83. The number of aryl methyl sites for hydroxylation is 1. The van der Waals surface area contributed by atoms with Crippen molar-refractivity contribution in [3.8, 4) is 0 Å². The lowest BCUT2D eigenvalue weighted by Crippen LogP contribution is -2.21. The highest BCUT2D eigenvalue weighted by Crippen LogP contribution is 2.19. The third kappa shape index (κ3) is 3.31. The summed E-state index contributed by atoms with van der Waals surface area (Å²) in [6.07, 6.45) is 0. The Kier molecular flexibility index (Phi) is 4.16. The van der Waals surface area contributed by atoms with Gasteiger partial charge in [-0.05, 0) is 28.1 Å². The third-order valence-electron chi connectivity index (χ3n) is 2.56. The first-order chi connectivity index (χ1) is 9.08. The number of carbonyl (C=O) groups excluding carboxylic acids is 1. The molecule has 0 fully saturated rings. The van der Waals surface area contributed by atoms with E-state index in [1.54, 1.807) is 42.5 Å². The quantitative estimate of drug-likeness (QED) is 0.786. The van der Waals surface area contributed by atoms with Crippen molar-refractivity contribution >= 4 is 17.7 Å². The van der Waals surface area contributed by atoms with E-state index >= 15 is 0 Å². The van der Waals surface area contributed by atoms with Crippen LogP contribution in [-0.4, -0.2) is 45.1 Å². The number of hydrogen-bond donors (Lipinski definition) is 0. The summed E-state index contributed by atoms with van der Waals surface area (Å²) in [6.45, 7) is 0. The molecule has 2 aromatic rings.